The summed E-state index contributed by atoms with van der Waals surface area (Å²) in [6.45, 7) is 3.60. The fourth-order valence-electron chi connectivity index (χ4n) is 3.73. The SMILES string of the molecule is Cc1cc(C(=O)COC(=O)Cc2c[nH]c3ccccc23)c(C)n1-c1ccccc1. The van der Waals surface area contributed by atoms with E-state index in [2.05, 4.69) is 4.98 Å². The Bertz CT molecular complexity index is 1190. The van der Waals surface area contributed by atoms with Crippen LogP contribution < -0.4 is 0 Å². The van der Waals surface area contributed by atoms with E-state index in [0.29, 0.717) is 5.56 Å². The number of aromatic nitrogens is 2. The number of hydrogen-bond acceptors (Lipinski definition) is 3. The zero-order valence-corrected chi connectivity index (χ0v) is 16.4. The van der Waals surface area contributed by atoms with Gasteiger partial charge >= 0.3 is 5.97 Å². The zero-order chi connectivity index (χ0) is 20.4. The predicted octanol–water partition coefficient (Wildman–Crippen LogP) is 4.54. The minimum Gasteiger partial charge on any atom is -0.457 e. The number of fused-ring (bicyclic) bond motifs is 1. The number of carbonyl (C=O) groups excluding carboxylic acids is 2. The van der Waals surface area contributed by atoms with Gasteiger partial charge in [-0.2, -0.15) is 0 Å². The van der Waals surface area contributed by atoms with Crippen LogP contribution in [0.1, 0.15) is 27.3 Å². The first kappa shape index (κ1) is 18.7. The normalized spacial score (nSPS) is 11.0. The Kier molecular flexibility index (Phi) is 5.04. The van der Waals surface area contributed by atoms with Gasteiger partial charge in [-0.1, -0.05) is 36.4 Å². The van der Waals surface area contributed by atoms with Crippen LogP contribution in [0.4, 0.5) is 0 Å². The van der Waals surface area contributed by atoms with E-state index in [1.54, 1.807) is 6.20 Å². The molecule has 1 N–H and O–H groups in total. The summed E-state index contributed by atoms with van der Waals surface area (Å²) < 4.78 is 7.31. The van der Waals surface area contributed by atoms with E-state index in [1.165, 1.54) is 0 Å². The average molecular weight is 386 g/mol. The van der Waals surface area contributed by atoms with Gasteiger partial charge in [-0.15, -0.1) is 0 Å². The molecule has 2 heterocycles. The first-order valence-electron chi connectivity index (χ1n) is 9.53. The van der Waals surface area contributed by atoms with Crippen LogP contribution >= 0.6 is 0 Å². The molecule has 0 aliphatic carbocycles. The number of para-hydroxylation sites is 2. The highest BCUT2D eigenvalue weighted by Crippen LogP contribution is 2.22. The fraction of sp³-hybridized carbons (Fsp3) is 0.167. The molecule has 0 bridgehead atoms. The number of Topliss-reactive ketones (excluding diaryl/α,β-unsaturated/α-hetero) is 1. The maximum Gasteiger partial charge on any atom is 0.310 e. The lowest BCUT2D eigenvalue weighted by Gasteiger charge is -2.09. The Morgan fingerprint density at radius 2 is 1.72 bits per heavy atom. The summed E-state index contributed by atoms with van der Waals surface area (Å²) in [6.07, 6.45) is 1.93. The number of benzene rings is 2. The van der Waals surface area contributed by atoms with Crippen LogP contribution in [0.2, 0.25) is 0 Å². The van der Waals surface area contributed by atoms with Crippen molar-refractivity contribution in [3.8, 4) is 5.69 Å². The van der Waals surface area contributed by atoms with Crippen molar-refractivity contribution in [3.05, 3.63) is 89.4 Å². The topological polar surface area (TPSA) is 64.1 Å². The Morgan fingerprint density at radius 3 is 2.52 bits per heavy atom. The minimum atomic E-state index is -0.417. The lowest BCUT2D eigenvalue weighted by molar-refractivity contribution is -0.141. The highest BCUT2D eigenvalue weighted by atomic mass is 16.5. The van der Waals surface area contributed by atoms with E-state index in [4.69, 9.17) is 4.74 Å². The highest BCUT2D eigenvalue weighted by molar-refractivity contribution is 5.99. The molecule has 0 radical (unpaired) electrons. The number of nitrogens with zero attached hydrogens (tertiary/aromatic N) is 1. The lowest BCUT2D eigenvalue weighted by atomic mass is 10.1. The summed E-state index contributed by atoms with van der Waals surface area (Å²) in [5, 5.41) is 0.988. The summed E-state index contributed by atoms with van der Waals surface area (Å²) in [7, 11) is 0. The summed E-state index contributed by atoms with van der Waals surface area (Å²) in [6, 6.07) is 19.5. The zero-order valence-electron chi connectivity index (χ0n) is 16.4. The van der Waals surface area contributed by atoms with Gasteiger partial charge in [0.05, 0.1) is 6.42 Å². The molecule has 4 rings (SSSR count). The molecule has 5 nitrogen and oxygen atoms in total. The standard InChI is InChI=1S/C24H22N2O3/c1-16-12-21(17(2)26(16)19-8-4-3-5-9-19)23(27)15-29-24(28)13-18-14-25-22-11-7-6-10-20(18)22/h3-12,14,25H,13,15H2,1-2H3. The van der Waals surface area contributed by atoms with E-state index in [1.807, 2.05) is 79.1 Å². The quantitative estimate of drug-likeness (QED) is 0.391. The van der Waals surface area contributed by atoms with Gasteiger partial charge in [0.15, 0.2) is 6.61 Å². The smallest absolute Gasteiger partial charge is 0.310 e. The van der Waals surface area contributed by atoms with Gasteiger partial charge < -0.3 is 14.3 Å². The average Bonchev–Trinajstić information content (AvgIpc) is 3.27. The molecule has 0 aliphatic heterocycles. The van der Waals surface area contributed by atoms with Gasteiger partial charge in [0.1, 0.15) is 0 Å². The van der Waals surface area contributed by atoms with Gasteiger partial charge in [-0.05, 0) is 43.7 Å². The van der Waals surface area contributed by atoms with Crippen molar-refractivity contribution in [2.45, 2.75) is 20.3 Å². The molecule has 0 fully saturated rings. The van der Waals surface area contributed by atoms with E-state index >= 15 is 0 Å². The predicted molar refractivity (Wildman–Crippen MR) is 113 cm³/mol. The van der Waals surface area contributed by atoms with Crippen LogP contribution in [-0.4, -0.2) is 27.9 Å². The highest BCUT2D eigenvalue weighted by Gasteiger charge is 2.18. The number of nitrogens with one attached hydrogen (secondary N) is 1. The molecule has 2 aromatic carbocycles. The minimum absolute atomic E-state index is 0.125. The number of aromatic amines is 1. The number of esters is 1. The van der Waals surface area contributed by atoms with Crippen molar-refractivity contribution in [1.82, 2.24) is 9.55 Å². The molecule has 146 valence electrons. The van der Waals surface area contributed by atoms with Crippen molar-refractivity contribution in [2.75, 3.05) is 6.61 Å². The third-order valence-electron chi connectivity index (χ3n) is 5.12. The fourth-order valence-corrected chi connectivity index (χ4v) is 3.73. The molecule has 2 aromatic heterocycles. The van der Waals surface area contributed by atoms with Crippen LogP contribution in [0, 0.1) is 13.8 Å². The van der Waals surface area contributed by atoms with E-state index in [-0.39, 0.29) is 18.8 Å². The van der Waals surface area contributed by atoms with Gasteiger partial charge in [-0.25, -0.2) is 0 Å². The van der Waals surface area contributed by atoms with Crippen molar-refractivity contribution in [2.24, 2.45) is 0 Å². The Morgan fingerprint density at radius 1 is 1.00 bits per heavy atom. The molecule has 0 unspecified atom stereocenters. The van der Waals surface area contributed by atoms with E-state index in [0.717, 1.165) is 33.5 Å². The van der Waals surface area contributed by atoms with E-state index in [9.17, 15) is 9.59 Å². The molecule has 5 heteroatoms. The second kappa shape index (κ2) is 7.80. The third kappa shape index (κ3) is 3.72. The molecule has 0 saturated heterocycles. The summed E-state index contributed by atoms with van der Waals surface area (Å²) in [5.41, 5.74) is 5.21. The number of carbonyl (C=O) groups is 2. The number of ether oxygens (including phenoxy) is 1. The molecule has 0 atom stereocenters. The lowest BCUT2D eigenvalue weighted by Crippen LogP contribution is -2.16. The molecular weight excluding hydrogens is 364 g/mol. The van der Waals surface area contributed by atoms with Crippen LogP contribution in [0.5, 0.6) is 0 Å². The van der Waals surface area contributed by atoms with Crippen molar-refractivity contribution >= 4 is 22.7 Å². The summed E-state index contributed by atoms with van der Waals surface area (Å²) in [4.78, 5) is 28.1. The van der Waals surface area contributed by atoms with Gasteiger partial charge in [-0.3, -0.25) is 9.59 Å². The van der Waals surface area contributed by atoms with Crippen LogP contribution in [0.3, 0.4) is 0 Å². The van der Waals surface area contributed by atoms with Crippen LogP contribution in [-0.2, 0) is 16.0 Å². The third-order valence-corrected chi connectivity index (χ3v) is 5.12. The summed E-state index contributed by atoms with van der Waals surface area (Å²) in [5.74, 6) is -0.618. The van der Waals surface area contributed by atoms with Crippen molar-refractivity contribution in [3.63, 3.8) is 0 Å². The first-order valence-corrected chi connectivity index (χ1v) is 9.53. The first-order chi connectivity index (χ1) is 14.0. The molecule has 29 heavy (non-hydrogen) atoms. The Balaban J connectivity index is 1.44. The number of aryl methyl sites for hydroxylation is 1. The van der Waals surface area contributed by atoms with Gasteiger partial charge in [0.2, 0.25) is 5.78 Å². The number of hydrogen-bond donors (Lipinski definition) is 1. The molecule has 4 aromatic rings. The van der Waals surface area contributed by atoms with Crippen molar-refractivity contribution < 1.29 is 14.3 Å². The van der Waals surface area contributed by atoms with Gasteiger partial charge in [0, 0.05) is 39.7 Å². The maximum atomic E-state index is 12.7. The molecular formula is C24H22N2O3. The maximum absolute atomic E-state index is 12.7. The second-order valence-electron chi connectivity index (χ2n) is 7.08. The molecule has 0 amide bonds. The van der Waals surface area contributed by atoms with Crippen molar-refractivity contribution in [1.29, 1.82) is 0 Å². The monoisotopic (exact) mass is 386 g/mol. The van der Waals surface area contributed by atoms with Crippen LogP contribution in [0.25, 0.3) is 16.6 Å². The number of rotatable bonds is 6. The number of H-pyrrole nitrogens is 1. The summed E-state index contributed by atoms with van der Waals surface area (Å²) >= 11 is 0. The Labute approximate surface area is 168 Å². The largest absolute Gasteiger partial charge is 0.457 e. The number of ketones is 1. The van der Waals surface area contributed by atoms with E-state index < -0.39 is 5.97 Å². The second-order valence-corrected chi connectivity index (χ2v) is 7.08. The molecule has 0 spiro atoms. The van der Waals surface area contributed by atoms with Crippen LogP contribution in [0.15, 0.2) is 66.9 Å². The Hall–Kier alpha value is -3.60. The van der Waals surface area contributed by atoms with Gasteiger partial charge in [0.25, 0.3) is 0 Å². The molecule has 0 aliphatic rings. The molecule has 0 saturated carbocycles.